The summed E-state index contributed by atoms with van der Waals surface area (Å²) < 4.78 is 29.3. The van der Waals surface area contributed by atoms with Gasteiger partial charge in [-0.05, 0) is 24.3 Å². The van der Waals surface area contributed by atoms with E-state index in [0.717, 1.165) is 12.8 Å². The standard InChI is InChI=1S/C11H12O4S2/c12-10(7-1-2-7)15-9-4-6-17(13,14)11-8(9)3-5-16-11/h3,5,7,9H,1-2,4,6H2/t9-/m1/s1. The Bertz CT molecular complexity index is 554. The molecule has 1 aromatic heterocycles. The molecule has 0 saturated heterocycles. The average Bonchev–Trinajstić information content (AvgIpc) is 3.00. The first-order valence-electron chi connectivity index (χ1n) is 5.58. The predicted molar refractivity (Wildman–Crippen MR) is 62.5 cm³/mol. The van der Waals surface area contributed by atoms with Gasteiger partial charge in [0.25, 0.3) is 0 Å². The molecule has 0 aromatic carbocycles. The Hall–Kier alpha value is -0.880. The minimum Gasteiger partial charge on any atom is -0.457 e. The van der Waals surface area contributed by atoms with Gasteiger partial charge in [0.15, 0.2) is 9.84 Å². The highest BCUT2D eigenvalue weighted by Crippen LogP contribution is 2.40. The Morgan fingerprint density at radius 1 is 1.35 bits per heavy atom. The number of carbonyl (C=O) groups excluding carboxylic acids is 1. The molecule has 0 bridgehead atoms. The highest BCUT2D eigenvalue weighted by atomic mass is 32.2. The Morgan fingerprint density at radius 2 is 2.12 bits per heavy atom. The van der Waals surface area contributed by atoms with Crippen molar-refractivity contribution < 1.29 is 17.9 Å². The predicted octanol–water partition coefficient (Wildman–Crippen LogP) is 1.92. The van der Waals surface area contributed by atoms with Crippen LogP contribution in [0.4, 0.5) is 0 Å². The fourth-order valence-electron chi connectivity index (χ4n) is 1.99. The third-order valence-electron chi connectivity index (χ3n) is 3.11. The lowest BCUT2D eigenvalue weighted by atomic mass is 10.1. The van der Waals surface area contributed by atoms with Crippen molar-refractivity contribution in [3.05, 3.63) is 17.0 Å². The van der Waals surface area contributed by atoms with E-state index in [-0.39, 0.29) is 23.7 Å². The van der Waals surface area contributed by atoms with Crippen molar-refractivity contribution in [3.63, 3.8) is 0 Å². The van der Waals surface area contributed by atoms with Gasteiger partial charge in [-0.3, -0.25) is 4.79 Å². The van der Waals surface area contributed by atoms with Gasteiger partial charge in [-0.2, -0.15) is 0 Å². The molecule has 4 nitrogen and oxygen atoms in total. The lowest BCUT2D eigenvalue weighted by Gasteiger charge is -2.22. The van der Waals surface area contributed by atoms with Crippen LogP contribution in [-0.2, 0) is 19.4 Å². The average molecular weight is 272 g/mol. The third kappa shape index (κ3) is 1.99. The quantitative estimate of drug-likeness (QED) is 0.772. The van der Waals surface area contributed by atoms with Crippen LogP contribution in [0.1, 0.15) is 30.9 Å². The molecule has 0 unspecified atom stereocenters. The zero-order valence-electron chi connectivity index (χ0n) is 9.09. The lowest BCUT2D eigenvalue weighted by molar-refractivity contribution is -0.151. The molecule has 2 aliphatic rings. The van der Waals surface area contributed by atoms with Gasteiger partial charge in [-0.1, -0.05) is 0 Å². The van der Waals surface area contributed by atoms with Gasteiger partial charge in [-0.15, -0.1) is 11.3 Å². The van der Waals surface area contributed by atoms with E-state index in [1.165, 1.54) is 11.3 Å². The van der Waals surface area contributed by atoms with E-state index in [2.05, 4.69) is 0 Å². The van der Waals surface area contributed by atoms with Crippen molar-refractivity contribution in [2.24, 2.45) is 5.92 Å². The smallest absolute Gasteiger partial charge is 0.309 e. The second-order valence-electron chi connectivity index (χ2n) is 4.47. The molecular weight excluding hydrogens is 260 g/mol. The van der Waals surface area contributed by atoms with Crippen LogP contribution < -0.4 is 0 Å². The number of fused-ring (bicyclic) bond motifs is 1. The van der Waals surface area contributed by atoms with Crippen LogP contribution >= 0.6 is 11.3 Å². The van der Waals surface area contributed by atoms with E-state index >= 15 is 0 Å². The van der Waals surface area contributed by atoms with Gasteiger partial charge in [-0.25, -0.2) is 8.42 Å². The molecule has 6 heteroatoms. The summed E-state index contributed by atoms with van der Waals surface area (Å²) in [4.78, 5) is 11.6. The van der Waals surface area contributed by atoms with Crippen LogP contribution in [0.15, 0.2) is 15.7 Å². The van der Waals surface area contributed by atoms with Crippen LogP contribution in [0.5, 0.6) is 0 Å². The maximum Gasteiger partial charge on any atom is 0.309 e. The molecule has 1 aliphatic carbocycles. The van der Waals surface area contributed by atoms with Gasteiger partial charge >= 0.3 is 5.97 Å². The summed E-state index contributed by atoms with van der Waals surface area (Å²) in [5.41, 5.74) is 0.662. The van der Waals surface area contributed by atoms with Crippen molar-refractivity contribution in [2.45, 2.75) is 29.6 Å². The molecule has 1 fully saturated rings. The first-order valence-corrected chi connectivity index (χ1v) is 8.12. The van der Waals surface area contributed by atoms with Crippen molar-refractivity contribution in [1.82, 2.24) is 0 Å². The zero-order valence-corrected chi connectivity index (χ0v) is 10.7. The number of hydrogen-bond donors (Lipinski definition) is 0. The highest BCUT2D eigenvalue weighted by Gasteiger charge is 2.37. The number of carbonyl (C=O) groups is 1. The Balaban J connectivity index is 1.86. The van der Waals surface area contributed by atoms with Crippen molar-refractivity contribution in [3.8, 4) is 0 Å². The van der Waals surface area contributed by atoms with Crippen LogP contribution in [0.25, 0.3) is 0 Å². The van der Waals surface area contributed by atoms with Crippen LogP contribution in [0.3, 0.4) is 0 Å². The van der Waals surface area contributed by atoms with Crippen LogP contribution in [0.2, 0.25) is 0 Å². The van der Waals surface area contributed by atoms with Crippen molar-refractivity contribution in [1.29, 1.82) is 0 Å². The molecule has 1 atom stereocenters. The topological polar surface area (TPSA) is 60.4 Å². The number of hydrogen-bond acceptors (Lipinski definition) is 5. The van der Waals surface area contributed by atoms with E-state index < -0.39 is 9.84 Å². The fraction of sp³-hybridized carbons (Fsp3) is 0.545. The maximum absolute atomic E-state index is 11.8. The molecular formula is C11H12O4S2. The molecule has 0 radical (unpaired) electrons. The Labute approximate surface area is 104 Å². The molecule has 0 amide bonds. The number of esters is 1. The summed E-state index contributed by atoms with van der Waals surface area (Å²) in [5, 5.41) is 1.74. The van der Waals surface area contributed by atoms with E-state index in [1.54, 1.807) is 11.4 Å². The summed E-state index contributed by atoms with van der Waals surface area (Å²) in [6.07, 6.45) is 1.82. The molecule has 1 aliphatic heterocycles. The number of ether oxygens (including phenoxy) is 1. The molecule has 92 valence electrons. The highest BCUT2D eigenvalue weighted by molar-refractivity contribution is 7.93. The largest absolute Gasteiger partial charge is 0.457 e. The van der Waals surface area contributed by atoms with Gasteiger partial charge in [0.2, 0.25) is 0 Å². The Morgan fingerprint density at radius 3 is 2.82 bits per heavy atom. The van der Waals surface area contributed by atoms with Gasteiger partial charge in [0.1, 0.15) is 10.3 Å². The lowest BCUT2D eigenvalue weighted by Crippen LogP contribution is -2.22. The zero-order chi connectivity index (χ0) is 12.0. The maximum atomic E-state index is 11.8. The second-order valence-corrected chi connectivity index (χ2v) is 7.69. The van der Waals surface area contributed by atoms with E-state index in [0.29, 0.717) is 16.2 Å². The monoisotopic (exact) mass is 272 g/mol. The summed E-state index contributed by atoms with van der Waals surface area (Å²) in [6, 6.07) is 1.75. The summed E-state index contributed by atoms with van der Waals surface area (Å²) in [5.74, 6) is -0.0505. The first kappa shape index (κ1) is 11.2. The molecule has 3 rings (SSSR count). The summed E-state index contributed by atoms with van der Waals surface area (Å²) in [6.45, 7) is 0. The molecule has 17 heavy (non-hydrogen) atoms. The fourth-order valence-corrected chi connectivity index (χ4v) is 4.93. The third-order valence-corrected chi connectivity index (χ3v) is 6.45. The summed E-state index contributed by atoms with van der Waals surface area (Å²) >= 11 is 1.21. The van der Waals surface area contributed by atoms with Crippen LogP contribution in [-0.4, -0.2) is 20.1 Å². The van der Waals surface area contributed by atoms with Gasteiger partial charge in [0, 0.05) is 12.0 Å². The number of thiophene rings is 1. The molecule has 1 saturated carbocycles. The van der Waals surface area contributed by atoms with Crippen molar-refractivity contribution >= 4 is 27.1 Å². The van der Waals surface area contributed by atoms with Crippen molar-refractivity contribution in [2.75, 3.05) is 5.75 Å². The Kier molecular flexibility index (Phi) is 2.52. The molecule has 1 aromatic rings. The molecule has 0 N–H and O–H groups in total. The summed E-state index contributed by atoms with van der Waals surface area (Å²) in [7, 11) is -3.14. The van der Waals surface area contributed by atoms with E-state index in [9.17, 15) is 13.2 Å². The second kappa shape index (κ2) is 3.81. The molecule has 2 heterocycles. The minimum atomic E-state index is -3.14. The van der Waals surface area contributed by atoms with Gasteiger partial charge in [0.05, 0.1) is 11.7 Å². The van der Waals surface area contributed by atoms with Crippen LogP contribution in [0, 0.1) is 5.92 Å². The van der Waals surface area contributed by atoms with E-state index in [1.807, 2.05) is 0 Å². The minimum absolute atomic E-state index is 0.0515. The van der Waals surface area contributed by atoms with E-state index in [4.69, 9.17) is 4.74 Å². The SMILES string of the molecule is O=C(O[C@@H]1CCS(=O)(=O)c2sccc21)C1CC1. The number of sulfone groups is 1. The normalized spacial score (nSPS) is 26.2. The van der Waals surface area contributed by atoms with Gasteiger partial charge < -0.3 is 4.74 Å². The first-order chi connectivity index (χ1) is 8.08. The number of rotatable bonds is 2. The molecule has 0 spiro atoms.